The summed E-state index contributed by atoms with van der Waals surface area (Å²) in [4.78, 5) is 0. The summed E-state index contributed by atoms with van der Waals surface area (Å²) in [5.41, 5.74) is 1.53. The smallest absolute Gasteiger partial charge is 0.668 e. The second-order valence-corrected chi connectivity index (χ2v) is 4.79. The minimum Gasteiger partial charge on any atom is -0.668 e. The molecule has 0 saturated heterocycles. The van der Waals surface area contributed by atoms with E-state index in [0.29, 0.717) is 12.0 Å². The van der Waals surface area contributed by atoms with Gasteiger partial charge >= 0.3 is 26.2 Å². The first-order valence-electron chi connectivity index (χ1n) is 7.05. The third-order valence-electron chi connectivity index (χ3n) is 2.71. The molecule has 0 heterocycles. The fraction of sp³-hybridized carbons (Fsp3) is 0.706. The molecule has 1 aliphatic carbocycles. The summed E-state index contributed by atoms with van der Waals surface area (Å²) in [5.74, 6) is 0.629. The van der Waals surface area contributed by atoms with Crippen molar-refractivity contribution in [1.82, 2.24) is 0 Å². The SMILES string of the molecule is CCC(C)[N-]CC(C)C1=CC=CC1.C[N-]C.C[N-]C.[CH3-].[Zr+4]. The maximum Gasteiger partial charge on any atom is 4.00 e. The van der Waals surface area contributed by atoms with Gasteiger partial charge in [-0.1, -0.05) is 51.0 Å². The van der Waals surface area contributed by atoms with Gasteiger partial charge in [-0.2, -0.15) is 28.2 Å². The van der Waals surface area contributed by atoms with Gasteiger partial charge in [0.1, 0.15) is 0 Å². The average molecular weight is 373 g/mol. The molecule has 0 N–H and O–H groups in total. The Hall–Kier alpha value is 0.243. The molecule has 0 aliphatic heterocycles. The summed E-state index contributed by atoms with van der Waals surface area (Å²) in [7, 11) is 7.00. The molecule has 21 heavy (non-hydrogen) atoms. The van der Waals surface area contributed by atoms with Gasteiger partial charge in [-0.3, -0.25) is 0 Å². The van der Waals surface area contributed by atoms with Gasteiger partial charge in [-0.05, 0) is 12.3 Å². The maximum absolute atomic E-state index is 4.62. The Morgan fingerprint density at radius 3 is 1.90 bits per heavy atom. The first kappa shape index (κ1) is 29.3. The molecule has 0 bridgehead atoms. The average Bonchev–Trinajstić information content (AvgIpc) is 2.91. The predicted molar refractivity (Wildman–Crippen MR) is 95.8 cm³/mol. The van der Waals surface area contributed by atoms with E-state index >= 15 is 0 Å². The van der Waals surface area contributed by atoms with E-state index in [9.17, 15) is 0 Å². The summed E-state index contributed by atoms with van der Waals surface area (Å²) in [6.45, 7) is 7.64. The van der Waals surface area contributed by atoms with Gasteiger partial charge < -0.3 is 23.4 Å². The van der Waals surface area contributed by atoms with E-state index in [1.165, 1.54) is 5.57 Å². The molecule has 3 nitrogen and oxygen atoms in total. The molecule has 0 saturated carbocycles. The van der Waals surface area contributed by atoms with E-state index in [2.05, 4.69) is 54.9 Å². The Morgan fingerprint density at radius 1 is 1.10 bits per heavy atom. The summed E-state index contributed by atoms with van der Waals surface area (Å²) in [6, 6.07) is 0.525. The molecule has 2 atom stereocenters. The van der Waals surface area contributed by atoms with Crippen LogP contribution in [0.25, 0.3) is 16.0 Å². The van der Waals surface area contributed by atoms with Crippen molar-refractivity contribution in [3.05, 3.63) is 47.2 Å². The number of allylic oxidation sites excluding steroid dienone is 3. The van der Waals surface area contributed by atoms with Crippen molar-refractivity contribution in [3.63, 3.8) is 0 Å². The van der Waals surface area contributed by atoms with Gasteiger partial charge in [0.2, 0.25) is 0 Å². The predicted octanol–water partition coefficient (Wildman–Crippen LogP) is 5.37. The van der Waals surface area contributed by atoms with Crippen LogP contribution in [0, 0.1) is 13.3 Å². The van der Waals surface area contributed by atoms with E-state index in [4.69, 9.17) is 0 Å². The van der Waals surface area contributed by atoms with E-state index in [1.54, 1.807) is 28.2 Å². The second-order valence-electron chi connectivity index (χ2n) is 4.79. The minimum absolute atomic E-state index is 0. The van der Waals surface area contributed by atoms with Gasteiger partial charge in [0.15, 0.2) is 0 Å². The summed E-state index contributed by atoms with van der Waals surface area (Å²) in [6.07, 6.45) is 8.89. The number of rotatable bonds is 5. The molecule has 0 aromatic rings. The monoisotopic (exact) mass is 371 g/mol. The molecular formula is C17H35N3Zr. The molecule has 122 valence electrons. The molecule has 0 aromatic heterocycles. The zero-order valence-corrected chi connectivity index (χ0v) is 17.8. The van der Waals surface area contributed by atoms with Gasteiger partial charge in [-0.25, -0.2) is 0 Å². The van der Waals surface area contributed by atoms with E-state index in [1.807, 2.05) is 0 Å². The maximum atomic E-state index is 4.62. The van der Waals surface area contributed by atoms with Crippen molar-refractivity contribution < 1.29 is 26.2 Å². The zero-order valence-electron chi connectivity index (χ0n) is 15.3. The van der Waals surface area contributed by atoms with Gasteiger partial charge in [-0.15, -0.1) is 12.6 Å². The molecule has 0 amide bonds. The summed E-state index contributed by atoms with van der Waals surface area (Å²) in [5, 5.41) is 11.6. The van der Waals surface area contributed by atoms with Crippen molar-refractivity contribution in [2.45, 2.75) is 39.7 Å². The van der Waals surface area contributed by atoms with Gasteiger partial charge in [0.25, 0.3) is 0 Å². The third kappa shape index (κ3) is 20.2. The van der Waals surface area contributed by atoms with Crippen molar-refractivity contribution in [2.75, 3.05) is 34.7 Å². The zero-order chi connectivity index (χ0) is 15.1. The topological polar surface area (TPSA) is 42.3 Å². The van der Waals surface area contributed by atoms with Crippen molar-refractivity contribution >= 4 is 0 Å². The number of hydrogen-bond acceptors (Lipinski definition) is 0. The van der Waals surface area contributed by atoms with Crippen molar-refractivity contribution in [1.29, 1.82) is 0 Å². The van der Waals surface area contributed by atoms with E-state index in [-0.39, 0.29) is 33.6 Å². The molecule has 1 aliphatic rings. The Labute approximate surface area is 153 Å². The van der Waals surface area contributed by atoms with Crippen LogP contribution in [0.2, 0.25) is 0 Å². The molecule has 0 aromatic carbocycles. The minimum atomic E-state index is 0. The molecule has 0 spiro atoms. The molecule has 1 rings (SSSR count). The quantitative estimate of drug-likeness (QED) is 0.582. The van der Waals surface area contributed by atoms with Crippen LogP contribution in [0.5, 0.6) is 0 Å². The molecule has 0 radical (unpaired) electrons. The Balaban J connectivity index is -0.000000157. The van der Waals surface area contributed by atoms with Crippen LogP contribution in [0.3, 0.4) is 0 Å². The summed E-state index contributed by atoms with van der Waals surface area (Å²) >= 11 is 0. The fourth-order valence-electron chi connectivity index (χ4n) is 1.41. The largest absolute Gasteiger partial charge is 4.00 e. The van der Waals surface area contributed by atoms with E-state index < -0.39 is 0 Å². The number of hydrogen-bond donors (Lipinski definition) is 0. The molecule has 2 unspecified atom stereocenters. The van der Waals surface area contributed by atoms with Gasteiger partial charge in [0.05, 0.1) is 0 Å². The molecule has 4 heteroatoms. The number of nitrogens with zero attached hydrogens (tertiary/aromatic N) is 3. The molecular weight excluding hydrogens is 337 g/mol. The Morgan fingerprint density at radius 2 is 1.57 bits per heavy atom. The third-order valence-corrected chi connectivity index (χ3v) is 2.71. The van der Waals surface area contributed by atoms with Crippen LogP contribution in [0.4, 0.5) is 0 Å². The van der Waals surface area contributed by atoms with Crippen LogP contribution >= 0.6 is 0 Å². The molecule has 0 fully saturated rings. The van der Waals surface area contributed by atoms with Crippen LogP contribution in [-0.4, -0.2) is 40.8 Å². The first-order valence-corrected chi connectivity index (χ1v) is 7.05. The first-order chi connectivity index (χ1) is 9.06. The van der Waals surface area contributed by atoms with Crippen LogP contribution in [0.15, 0.2) is 23.8 Å². The second kappa shape index (κ2) is 22.5. The Bertz CT molecular complexity index is 238. The fourth-order valence-corrected chi connectivity index (χ4v) is 1.41. The van der Waals surface area contributed by atoms with Crippen molar-refractivity contribution in [3.8, 4) is 0 Å². The van der Waals surface area contributed by atoms with Crippen LogP contribution in [-0.2, 0) is 26.2 Å². The Kier molecular flexibility index (Phi) is 31.4. The normalized spacial score (nSPS) is 14.1. The standard InChI is InChI=1S/C12H20N.2C2H6N.CH3.Zr/c1-4-11(3)13-9-10(2)12-7-5-6-8-12;2*1-3-2;;/h5-7,10-11H,4,8-9H2,1-3H3;2*1-2H3;1H3;/q4*-1;+4. The van der Waals surface area contributed by atoms with Crippen LogP contribution < -0.4 is 0 Å². The summed E-state index contributed by atoms with van der Waals surface area (Å²) < 4.78 is 0. The van der Waals surface area contributed by atoms with Crippen LogP contribution in [0.1, 0.15) is 33.6 Å². The van der Waals surface area contributed by atoms with Crippen molar-refractivity contribution in [2.24, 2.45) is 5.92 Å². The van der Waals surface area contributed by atoms with E-state index in [0.717, 1.165) is 19.4 Å². The van der Waals surface area contributed by atoms with Gasteiger partial charge in [0, 0.05) is 0 Å².